The first-order valence-corrected chi connectivity index (χ1v) is 10.5. The SMILES string of the molecule is CC1C[C@H]2[C@@H]3CC(=O)C4=CC(=O)C=C[C@]4(C)[C@@]3(Cl)C(O)C[C@]2(C)[C@@]1(O)C(=O)CO. The summed E-state index contributed by atoms with van der Waals surface area (Å²) in [4.78, 5) is 36.3. The number of Topliss-reactive ketones (excluding diaryl/α,β-unsaturated/α-hetero) is 2. The van der Waals surface area contributed by atoms with Crippen LogP contribution in [-0.2, 0) is 14.4 Å². The Bertz CT molecular complexity index is 879. The van der Waals surface area contributed by atoms with Gasteiger partial charge in [0, 0.05) is 22.8 Å². The molecule has 3 saturated carbocycles. The highest BCUT2D eigenvalue weighted by Gasteiger charge is 2.75. The van der Waals surface area contributed by atoms with Crippen molar-refractivity contribution < 1.29 is 29.7 Å². The molecule has 0 aromatic carbocycles. The van der Waals surface area contributed by atoms with Gasteiger partial charge in [0.05, 0.1) is 11.0 Å². The van der Waals surface area contributed by atoms with E-state index < -0.39 is 51.6 Å². The zero-order valence-corrected chi connectivity index (χ0v) is 17.6. The van der Waals surface area contributed by atoms with E-state index >= 15 is 0 Å². The Morgan fingerprint density at radius 2 is 1.93 bits per heavy atom. The normalized spacial score (nSPS) is 51.2. The maximum absolute atomic E-state index is 13.0. The van der Waals surface area contributed by atoms with E-state index in [4.69, 9.17) is 11.6 Å². The lowest BCUT2D eigenvalue weighted by atomic mass is 9.45. The van der Waals surface area contributed by atoms with Crippen LogP contribution < -0.4 is 0 Å². The summed E-state index contributed by atoms with van der Waals surface area (Å²) in [6, 6.07) is 0. The Morgan fingerprint density at radius 1 is 1.28 bits per heavy atom. The molecule has 7 heteroatoms. The second kappa shape index (κ2) is 6.10. The van der Waals surface area contributed by atoms with Gasteiger partial charge in [0.2, 0.25) is 0 Å². The molecule has 0 radical (unpaired) electrons. The molecule has 0 aromatic rings. The van der Waals surface area contributed by atoms with Gasteiger partial charge in [-0.15, -0.1) is 11.6 Å². The average Bonchev–Trinajstić information content (AvgIpc) is 2.86. The van der Waals surface area contributed by atoms with Crippen LogP contribution >= 0.6 is 11.6 Å². The molecule has 0 saturated heterocycles. The molecule has 158 valence electrons. The van der Waals surface area contributed by atoms with Gasteiger partial charge < -0.3 is 15.3 Å². The molecule has 0 heterocycles. The summed E-state index contributed by atoms with van der Waals surface area (Å²) in [6.45, 7) is 4.50. The van der Waals surface area contributed by atoms with Crippen molar-refractivity contribution in [2.24, 2.45) is 28.6 Å². The third kappa shape index (κ3) is 2.21. The number of carbonyl (C=O) groups excluding carboxylic acids is 3. The van der Waals surface area contributed by atoms with Gasteiger partial charge in [0.25, 0.3) is 0 Å². The van der Waals surface area contributed by atoms with Crippen molar-refractivity contribution >= 4 is 29.0 Å². The van der Waals surface area contributed by atoms with Gasteiger partial charge in [-0.2, -0.15) is 0 Å². The predicted octanol–water partition coefficient (Wildman–Crippen LogP) is 1.34. The highest BCUT2D eigenvalue weighted by atomic mass is 35.5. The maximum Gasteiger partial charge on any atom is 0.190 e. The van der Waals surface area contributed by atoms with Gasteiger partial charge in [0.15, 0.2) is 17.3 Å². The zero-order valence-electron chi connectivity index (χ0n) is 16.8. The third-order valence-corrected chi connectivity index (χ3v) is 9.56. The minimum atomic E-state index is -1.80. The van der Waals surface area contributed by atoms with Crippen molar-refractivity contribution in [3.8, 4) is 0 Å². The van der Waals surface area contributed by atoms with Crippen LogP contribution in [0.25, 0.3) is 0 Å². The van der Waals surface area contributed by atoms with Crippen LogP contribution in [-0.4, -0.2) is 55.9 Å². The van der Waals surface area contributed by atoms with Crippen molar-refractivity contribution in [3.05, 3.63) is 23.8 Å². The smallest absolute Gasteiger partial charge is 0.190 e. The molecule has 6 nitrogen and oxygen atoms in total. The summed E-state index contributed by atoms with van der Waals surface area (Å²) in [5.74, 6) is -2.38. The zero-order chi connectivity index (χ0) is 21.6. The standard InChI is InChI=1S/C22H27ClO6/c1-11-6-13-14-8-16(26)15-7-12(25)4-5-19(15,2)21(14,23)17(27)9-20(13,3)22(11,29)18(28)10-24/h4-5,7,11,13-14,17,24,27,29H,6,8-10H2,1-3H3/t11?,13-,14-,17?,19-,20-,21-,22-/m0/s1. The fourth-order valence-electron chi connectivity index (χ4n) is 7.09. The summed E-state index contributed by atoms with van der Waals surface area (Å²) in [7, 11) is 0. The van der Waals surface area contributed by atoms with Gasteiger partial charge >= 0.3 is 0 Å². The minimum absolute atomic E-state index is 0.0411. The number of aliphatic hydroxyl groups is 3. The molecule has 29 heavy (non-hydrogen) atoms. The number of carbonyl (C=O) groups is 3. The van der Waals surface area contributed by atoms with Crippen molar-refractivity contribution in [2.45, 2.75) is 56.6 Å². The number of hydrogen-bond acceptors (Lipinski definition) is 6. The molecule has 4 aliphatic carbocycles. The van der Waals surface area contributed by atoms with E-state index in [2.05, 4.69) is 0 Å². The quantitative estimate of drug-likeness (QED) is 0.579. The third-order valence-electron chi connectivity index (χ3n) is 8.63. The molecule has 2 unspecified atom stereocenters. The summed E-state index contributed by atoms with van der Waals surface area (Å²) in [5, 5.41) is 32.3. The van der Waals surface area contributed by atoms with E-state index in [1.165, 1.54) is 12.2 Å². The first-order chi connectivity index (χ1) is 13.4. The lowest BCUT2D eigenvalue weighted by molar-refractivity contribution is -0.180. The van der Waals surface area contributed by atoms with E-state index in [9.17, 15) is 29.7 Å². The molecule has 3 fully saturated rings. The highest BCUT2D eigenvalue weighted by molar-refractivity contribution is 6.28. The maximum atomic E-state index is 13.0. The van der Waals surface area contributed by atoms with Crippen LogP contribution in [0.1, 0.15) is 40.0 Å². The molecular weight excluding hydrogens is 396 g/mol. The van der Waals surface area contributed by atoms with Gasteiger partial charge in [-0.05, 0) is 42.7 Å². The average molecular weight is 423 g/mol. The Labute approximate surface area is 174 Å². The second-order valence-electron chi connectivity index (χ2n) is 9.73. The first-order valence-electron chi connectivity index (χ1n) is 10.1. The first kappa shape index (κ1) is 20.9. The fourth-order valence-corrected chi connectivity index (χ4v) is 7.56. The number of allylic oxidation sites excluding steroid dienone is 4. The van der Waals surface area contributed by atoms with Crippen LogP contribution in [0.15, 0.2) is 23.8 Å². The van der Waals surface area contributed by atoms with Gasteiger partial charge in [-0.1, -0.05) is 26.8 Å². The number of ketones is 3. The Balaban J connectivity index is 1.88. The fraction of sp³-hybridized carbons (Fsp3) is 0.682. The van der Waals surface area contributed by atoms with Gasteiger partial charge in [-0.25, -0.2) is 0 Å². The Hall–Kier alpha value is -1.34. The van der Waals surface area contributed by atoms with E-state index in [0.29, 0.717) is 12.0 Å². The molecule has 0 spiro atoms. The molecule has 4 aliphatic rings. The summed E-state index contributed by atoms with van der Waals surface area (Å²) < 4.78 is 0. The van der Waals surface area contributed by atoms with Crippen molar-refractivity contribution in [3.63, 3.8) is 0 Å². The Kier molecular flexibility index (Phi) is 4.40. The largest absolute Gasteiger partial charge is 0.391 e. The van der Waals surface area contributed by atoms with Crippen LogP contribution in [0.4, 0.5) is 0 Å². The minimum Gasteiger partial charge on any atom is -0.391 e. The second-order valence-corrected chi connectivity index (χ2v) is 10.4. The van der Waals surface area contributed by atoms with Crippen LogP contribution in [0, 0.1) is 28.6 Å². The van der Waals surface area contributed by atoms with Crippen LogP contribution in [0.5, 0.6) is 0 Å². The predicted molar refractivity (Wildman–Crippen MR) is 105 cm³/mol. The van der Waals surface area contributed by atoms with Gasteiger partial charge in [-0.3, -0.25) is 14.4 Å². The summed E-state index contributed by atoms with van der Waals surface area (Å²) >= 11 is 7.22. The molecule has 0 bridgehead atoms. The molecule has 3 N–H and O–H groups in total. The van der Waals surface area contributed by atoms with E-state index in [1.807, 2.05) is 0 Å². The molecule has 0 amide bonds. The molecular formula is C22H27ClO6. The lowest BCUT2D eigenvalue weighted by Gasteiger charge is -2.63. The topological polar surface area (TPSA) is 112 Å². The number of aliphatic hydroxyl groups excluding tert-OH is 2. The van der Waals surface area contributed by atoms with Crippen molar-refractivity contribution in [1.82, 2.24) is 0 Å². The van der Waals surface area contributed by atoms with Crippen LogP contribution in [0.3, 0.4) is 0 Å². The number of hydrogen-bond donors (Lipinski definition) is 3. The van der Waals surface area contributed by atoms with Gasteiger partial charge in [0.1, 0.15) is 12.2 Å². The molecule has 0 aromatic heterocycles. The molecule has 0 aliphatic heterocycles. The van der Waals surface area contributed by atoms with Crippen LogP contribution in [0.2, 0.25) is 0 Å². The Morgan fingerprint density at radius 3 is 2.55 bits per heavy atom. The lowest BCUT2D eigenvalue weighted by Crippen LogP contribution is -2.70. The van der Waals surface area contributed by atoms with E-state index in [-0.39, 0.29) is 30.3 Å². The number of fused-ring (bicyclic) bond motifs is 5. The van der Waals surface area contributed by atoms with E-state index in [1.54, 1.807) is 26.8 Å². The summed E-state index contributed by atoms with van der Waals surface area (Å²) in [6.07, 6.45) is 3.74. The molecule has 4 rings (SSSR count). The van der Waals surface area contributed by atoms with Crippen molar-refractivity contribution in [1.29, 1.82) is 0 Å². The van der Waals surface area contributed by atoms with E-state index in [0.717, 1.165) is 0 Å². The van der Waals surface area contributed by atoms with Crippen molar-refractivity contribution in [2.75, 3.05) is 6.61 Å². The number of alkyl halides is 1. The number of rotatable bonds is 2. The monoisotopic (exact) mass is 422 g/mol. The molecule has 8 atom stereocenters. The highest BCUT2D eigenvalue weighted by Crippen LogP contribution is 2.70. The summed E-state index contributed by atoms with van der Waals surface area (Å²) in [5.41, 5.74) is -3.55. The number of halogens is 1.